The summed E-state index contributed by atoms with van der Waals surface area (Å²) in [4.78, 5) is 7.06. The molecule has 1 heterocycles. The predicted octanol–water partition coefficient (Wildman–Crippen LogP) is 18.0. The van der Waals surface area contributed by atoms with Crippen LogP contribution in [0.15, 0.2) is 265 Å². The number of benzene rings is 11. The average Bonchev–Trinajstić information content (AvgIpc) is 3.79. The number of furan rings is 1. The number of hydrogen-bond acceptors (Lipinski definition) is 4. The highest BCUT2D eigenvalue weighted by Gasteiger charge is 2.22. The topological polar surface area (TPSA) is 22.9 Å². The molecule has 0 radical (unpaired) electrons. The van der Waals surface area contributed by atoms with Crippen LogP contribution in [0.5, 0.6) is 0 Å². The summed E-state index contributed by atoms with van der Waals surface area (Å²) in [5, 5.41) is 6.85. The Morgan fingerprint density at radius 1 is 0.258 bits per heavy atom. The highest BCUT2D eigenvalue weighted by Crippen LogP contribution is 2.47. The number of rotatable bonds is 10. The molecule has 0 N–H and O–H groups in total. The van der Waals surface area contributed by atoms with E-state index in [0.717, 1.165) is 89.5 Å². The minimum atomic E-state index is 0.884. The number of fused-ring (bicyclic) bond motifs is 8. The van der Waals surface area contributed by atoms with Crippen LogP contribution in [0, 0.1) is 0 Å². The largest absolute Gasteiger partial charge is 0.455 e. The van der Waals surface area contributed by atoms with Crippen LogP contribution in [0.25, 0.3) is 54.6 Å². The first-order chi connectivity index (χ1) is 32.8. The molecule has 66 heavy (non-hydrogen) atoms. The Morgan fingerprint density at radius 2 is 0.682 bits per heavy atom. The third kappa shape index (κ3) is 6.89. The SMILES string of the molecule is c1ccc(-c2ccccc2N(c2ccccc2)c2ccc(N(c3cccc(N(c4ccccc4)c4ccccc4)c3)c3ccc4c5ccccc5c5oc6ccccc6c5c4c3)cc2)cc1. The maximum Gasteiger partial charge on any atom is 0.143 e. The molecule has 12 aromatic rings. The molecule has 0 bridgehead atoms. The van der Waals surface area contributed by atoms with E-state index in [2.05, 4.69) is 269 Å². The van der Waals surface area contributed by atoms with Crippen molar-refractivity contribution in [2.45, 2.75) is 0 Å². The molecule has 0 aliphatic heterocycles. The fourth-order valence-electron chi connectivity index (χ4n) is 9.64. The lowest BCUT2D eigenvalue weighted by Crippen LogP contribution is -2.14. The van der Waals surface area contributed by atoms with E-state index >= 15 is 0 Å². The van der Waals surface area contributed by atoms with Crippen molar-refractivity contribution < 1.29 is 4.42 Å². The Bertz CT molecular complexity index is 3610. The molecule has 0 aliphatic carbocycles. The summed E-state index contributed by atoms with van der Waals surface area (Å²) in [5.41, 5.74) is 13.7. The quantitative estimate of drug-likeness (QED) is 0.128. The van der Waals surface area contributed by atoms with Gasteiger partial charge in [0.05, 0.1) is 5.69 Å². The van der Waals surface area contributed by atoms with Crippen molar-refractivity contribution in [2.24, 2.45) is 0 Å². The highest BCUT2D eigenvalue weighted by molar-refractivity contribution is 6.30. The molecule has 11 aromatic carbocycles. The maximum atomic E-state index is 6.69. The van der Waals surface area contributed by atoms with Gasteiger partial charge in [-0.2, -0.15) is 0 Å². The zero-order chi connectivity index (χ0) is 43.8. The first-order valence-electron chi connectivity index (χ1n) is 22.4. The lowest BCUT2D eigenvalue weighted by molar-refractivity contribution is 0.673. The summed E-state index contributed by atoms with van der Waals surface area (Å²) in [5.74, 6) is 0. The Morgan fingerprint density at radius 3 is 1.33 bits per heavy atom. The smallest absolute Gasteiger partial charge is 0.143 e. The Hall–Kier alpha value is -8.86. The molecule has 0 amide bonds. The second kappa shape index (κ2) is 16.7. The van der Waals surface area contributed by atoms with Crippen molar-refractivity contribution >= 4 is 94.7 Å². The molecule has 0 fully saturated rings. The zero-order valence-electron chi connectivity index (χ0n) is 36.1. The molecule has 4 nitrogen and oxygen atoms in total. The molecular formula is C62H43N3O. The number of hydrogen-bond donors (Lipinski definition) is 0. The number of nitrogens with zero attached hydrogens (tertiary/aromatic N) is 3. The van der Waals surface area contributed by atoms with Gasteiger partial charge in [0.15, 0.2) is 0 Å². The Balaban J connectivity index is 1.06. The van der Waals surface area contributed by atoms with Gasteiger partial charge in [-0.05, 0) is 125 Å². The molecule has 312 valence electrons. The monoisotopic (exact) mass is 845 g/mol. The summed E-state index contributed by atoms with van der Waals surface area (Å²) < 4.78 is 6.69. The van der Waals surface area contributed by atoms with Crippen LogP contribution in [0.4, 0.5) is 51.2 Å². The number of anilines is 9. The van der Waals surface area contributed by atoms with Crippen LogP contribution < -0.4 is 14.7 Å². The highest BCUT2D eigenvalue weighted by atomic mass is 16.3. The zero-order valence-corrected chi connectivity index (χ0v) is 36.1. The molecule has 0 unspecified atom stereocenters. The van der Waals surface area contributed by atoms with E-state index in [9.17, 15) is 0 Å². The Labute approximate surface area is 384 Å². The summed E-state index contributed by atoms with van der Waals surface area (Å²) in [7, 11) is 0. The fourth-order valence-corrected chi connectivity index (χ4v) is 9.64. The minimum absolute atomic E-state index is 0.884. The van der Waals surface area contributed by atoms with Gasteiger partial charge in [-0.3, -0.25) is 0 Å². The van der Waals surface area contributed by atoms with Crippen LogP contribution in [-0.4, -0.2) is 0 Å². The van der Waals surface area contributed by atoms with Crippen LogP contribution in [0.3, 0.4) is 0 Å². The van der Waals surface area contributed by atoms with Crippen LogP contribution in [-0.2, 0) is 0 Å². The molecule has 1 aromatic heterocycles. The van der Waals surface area contributed by atoms with Gasteiger partial charge in [0.25, 0.3) is 0 Å². The van der Waals surface area contributed by atoms with E-state index in [1.165, 1.54) is 16.3 Å². The minimum Gasteiger partial charge on any atom is -0.455 e. The molecule has 4 heteroatoms. The third-order valence-corrected chi connectivity index (χ3v) is 12.6. The van der Waals surface area contributed by atoms with Crippen LogP contribution in [0.2, 0.25) is 0 Å². The normalized spacial score (nSPS) is 11.3. The lowest BCUT2D eigenvalue weighted by Gasteiger charge is -2.31. The molecular weight excluding hydrogens is 803 g/mol. The summed E-state index contributed by atoms with van der Waals surface area (Å²) in [6.45, 7) is 0. The van der Waals surface area contributed by atoms with Gasteiger partial charge in [-0.25, -0.2) is 0 Å². The van der Waals surface area contributed by atoms with Crippen molar-refractivity contribution in [1.29, 1.82) is 0 Å². The van der Waals surface area contributed by atoms with Crippen LogP contribution >= 0.6 is 0 Å². The first-order valence-corrected chi connectivity index (χ1v) is 22.4. The van der Waals surface area contributed by atoms with Gasteiger partial charge >= 0.3 is 0 Å². The summed E-state index contributed by atoms with van der Waals surface area (Å²) in [6.07, 6.45) is 0. The fraction of sp³-hybridized carbons (Fsp3) is 0. The second-order valence-corrected chi connectivity index (χ2v) is 16.5. The van der Waals surface area contributed by atoms with E-state index < -0.39 is 0 Å². The molecule has 0 atom stereocenters. The first kappa shape index (κ1) is 38.8. The van der Waals surface area contributed by atoms with E-state index in [0.29, 0.717) is 0 Å². The van der Waals surface area contributed by atoms with Crippen molar-refractivity contribution in [3.05, 3.63) is 261 Å². The van der Waals surface area contributed by atoms with Crippen LogP contribution in [0.1, 0.15) is 0 Å². The molecule has 0 spiro atoms. The molecule has 0 aliphatic rings. The van der Waals surface area contributed by atoms with Crippen molar-refractivity contribution in [2.75, 3.05) is 14.7 Å². The predicted molar refractivity (Wildman–Crippen MR) is 278 cm³/mol. The van der Waals surface area contributed by atoms with Gasteiger partial charge in [0, 0.05) is 67.2 Å². The van der Waals surface area contributed by atoms with Gasteiger partial charge < -0.3 is 19.1 Å². The van der Waals surface area contributed by atoms with Gasteiger partial charge in [-0.1, -0.05) is 158 Å². The molecule has 0 saturated heterocycles. The summed E-state index contributed by atoms with van der Waals surface area (Å²) in [6, 6.07) is 92.9. The Kier molecular flexibility index (Phi) is 9.81. The summed E-state index contributed by atoms with van der Waals surface area (Å²) >= 11 is 0. The maximum absolute atomic E-state index is 6.69. The lowest BCUT2D eigenvalue weighted by atomic mass is 9.96. The molecule has 12 rings (SSSR count). The van der Waals surface area contributed by atoms with Gasteiger partial charge in [-0.15, -0.1) is 0 Å². The van der Waals surface area contributed by atoms with E-state index in [-0.39, 0.29) is 0 Å². The van der Waals surface area contributed by atoms with E-state index in [4.69, 9.17) is 4.42 Å². The van der Waals surface area contributed by atoms with Gasteiger partial charge in [0.1, 0.15) is 11.2 Å². The standard InChI is InChI=1S/C62H43N3O/c1-5-20-44(21-6-1)53-30-15-17-34-59(53)65(47-26-11-4-12-27-47)49-38-36-48(37-39-49)64(51-29-19-28-50(42-51)63(45-22-7-2-8-23-45)46-24-9-3-10-25-46)52-40-41-55-54-31-13-14-32-56(54)62-61(58(55)43-52)57-33-16-18-35-60(57)66-62/h1-43H. The van der Waals surface area contributed by atoms with Gasteiger partial charge in [0.2, 0.25) is 0 Å². The van der Waals surface area contributed by atoms with Crippen molar-refractivity contribution in [1.82, 2.24) is 0 Å². The molecule has 0 saturated carbocycles. The second-order valence-electron chi connectivity index (χ2n) is 16.5. The van der Waals surface area contributed by atoms with Crippen molar-refractivity contribution in [3.8, 4) is 11.1 Å². The number of para-hydroxylation sites is 5. The van der Waals surface area contributed by atoms with Crippen molar-refractivity contribution in [3.63, 3.8) is 0 Å². The van der Waals surface area contributed by atoms with E-state index in [1.807, 2.05) is 6.07 Å². The third-order valence-electron chi connectivity index (χ3n) is 12.6. The van der Waals surface area contributed by atoms with E-state index in [1.54, 1.807) is 0 Å². The average molecular weight is 846 g/mol.